The Labute approximate surface area is 169 Å². The fourth-order valence-electron chi connectivity index (χ4n) is 2.35. The molecule has 0 heterocycles. The van der Waals surface area contributed by atoms with Crippen molar-refractivity contribution in [3.63, 3.8) is 0 Å². The van der Waals surface area contributed by atoms with Gasteiger partial charge in [-0.15, -0.1) is 0 Å². The molecule has 9 heteroatoms. The summed E-state index contributed by atoms with van der Waals surface area (Å²) in [6, 6.07) is 10.7. The van der Waals surface area contributed by atoms with E-state index < -0.39 is 21.6 Å². The largest absolute Gasteiger partial charge is 0.329 e. The van der Waals surface area contributed by atoms with Crippen LogP contribution in [0, 0.1) is 0 Å². The molecule has 0 aromatic heterocycles. The highest BCUT2D eigenvalue weighted by molar-refractivity contribution is 7.89. The van der Waals surface area contributed by atoms with Crippen molar-refractivity contribution in [2.24, 2.45) is 0 Å². The smallest absolute Gasteiger partial charge is 0.319 e. The van der Waals surface area contributed by atoms with E-state index in [1.807, 2.05) is 13.8 Å². The summed E-state index contributed by atoms with van der Waals surface area (Å²) in [4.78, 5) is 12.5. The van der Waals surface area contributed by atoms with Gasteiger partial charge in [0.15, 0.2) is 0 Å². The molecule has 0 aliphatic heterocycles. The minimum atomic E-state index is -3.59. The molecule has 2 aromatic carbocycles. The van der Waals surface area contributed by atoms with Gasteiger partial charge in [-0.1, -0.05) is 35.3 Å². The number of hydrogen-bond donors (Lipinski definition) is 2. The zero-order valence-corrected chi connectivity index (χ0v) is 17.7. The van der Waals surface area contributed by atoms with Gasteiger partial charge in [0.1, 0.15) is 0 Å². The molecule has 0 atom stereocenters. The molecule has 0 bridgehead atoms. The van der Waals surface area contributed by atoms with E-state index in [-0.39, 0.29) is 4.90 Å². The normalized spacial score (nSPS) is 12.1. The Hall–Kier alpha value is -1.80. The maximum atomic E-state index is 12.4. The third kappa shape index (κ3) is 5.13. The molecule has 27 heavy (non-hydrogen) atoms. The van der Waals surface area contributed by atoms with E-state index in [4.69, 9.17) is 23.2 Å². The molecular weight excluding hydrogens is 409 g/mol. The number of anilines is 1. The van der Waals surface area contributed by atoms with Crippen molar-refractivity contribution < 1.29 is 13.2 Å². The first-order valence-corrected chi connectivity index (χ1v) is 10.2. The predicted octanol–water partition coefficient (Wildman–Crippen LogP) is 4.30. The highest BCUT2D eigenvalue weighted by Gasteiger charge is 2.24. The van der Waals surface area contributed by atoms with Crippen molar-refractivity contribution in [3.05, 3.63) is 58.1 Å². The zero-order chi connectivity index (χ0) is 20.4. The van der Waals surface area contributed by atoms with Gasteiger partial charge in [0.25, 0.3) is 0 Å². The molecule has 0 aliphatic carbocycles. The third-order valence-corrected chi connectivity index (χ3v) is 6.49. The molecule has 2 N–H and O–H groups in total. The van der Waals surface area contributed by atoms with E-state index in [0.29, 0.717) is 15.7 Å². The van der Waals surface area contributed by atoms with E-state index in [9.17, 15) is 13.2 Å². The van der Waals surface area contributed by atoms with Gasteiger partial charge in [0.05, 0.1) is 20.5 Å². The number of urea groups is 1. The first kappa shape index (κ1) is 21.5. The lowest BCUT2D eigenvalue weighted by molar-refractivity contribution is 0.242. The topological polar surface area (TPSA) is 78.5 Å². The lowest BCUT2D eigenvalue weighted by atomic mass is 9.94. The lowest BCUT2D eigenvalue weighted by Gasteiger charge is -2.27. The fourth-order valence-corrected chi connectivity index (χ4v) is 3.59. The Morgan fingerprint density at radius 1 is 1.04 bits per heavy atom. The van der Waals surface area contributed by atoms with Gasteiger partial charge >= 0.3 is 6.03 Å². The first-order valence-electron chi connectivity index (χ1n) is 8.01. The van der Waals surface area contributed by atoms with Crippen LogP contribution in [0.2, 0.25) is 10.0 Å². The van der Waals surface area contributed by atoms with Gasteiger partial charge in [-0.25, -0.2) is 17.5 Å². The highest BCUT2D eigenvalue weighted by atomic mass is 35.5. The van der Waals surface area contributed by atoms with Crippen molar-refractivity contribution in [3.8, 4) is 0 Å². The molecule has 0 radical (unpaired) electrons. The second kappa shape index (κ2) is 8.06. The molecule has 6 nitrogen and oxygen atoms in total. The maximum absolute atomic E-state index is 12.4. The van der Waals surface area contributed by atoms with Crippen LogP contribution in [0.15, 0.2) is 47.4 Å². The average molecular weight is 430 g/mol. The summed E-state index contributed by atoms with van der Waals surface area (Å²) in [7, 11) is -0.695. The Morgan fingerprint density at radius 2 is 1.70 bits per heavy atom. The van der Waals surface area contributed by atoms with Crippen LogP contribution in [0.25, 0.3) is 0 Å². The summed E-state index contributed by atoms with van der Waals surface area (Å²) in [6.07, 6.45) is 0. The van der Waals surface area contributed by atoms with Gasteiger partial charge in [-0.05, 0) is 49.7 Å². The zero-order valence-electron chi connectivity index (χ0n) is 15.4. The van der Waals surface area contributed by atoms with Crippen molar-refractivity contribution in [2.75, 3.05) is 19.4 Å². The number of rotatable bonds is 5. The summed E-state index contributed by atoms with van der Waals surface area (Å²) in [5.41, 5.74) is 0.405. The second-order valence-electron chi connectivity index (χ2n) is 6.65. The van der Waals surface area contributed by atoms with Crippen LogP contribution in [0.5, 0.6) is 0 Å². The van der Waals surface area contributed by atoms with E-state index >= 15 is 0 Å². The van der Waals surface area contributed by atoms with Gasteiger partial charge in [-0.3, -0.25) is 0 Å². The number of carbonyl (C=O) groups is 1. The van der Waals surface area contributed by atoms with Crippen LogP contribution >= 0.6 is 23.2 Å². The number of carbonyl (C=O) groups excluding carboxylic acids is 1. The first-order chi connectivity index (χ1) is 12.4. The van der Waals surface area contributed by atoms with Crippen molar-refractivity contribution in [1.82, 2.24) is 9.62 Å². The molecule has 0 fully saturated rings. The van der Waals surface area contributed by atoms with E-state index in [2.05, 4.69) is 10.6 Å². The number of nitrogens with one attached hydrogen (secondary N) is 2. The molecular formula is C18H21Cl2N3O3S. The Balaban J connectivity index is 2.17. The molecule has 0 saturated heterocycles. The van der Waals surface area contributed by atoms with E-state index in [1.54, 1.807) is 30.3 Å². The summed E-state index contributed by atoms with van der Waals surface area (Å²) in [5.74, 6) is 0. The molecule has 2 aromatic rings. The van der Waals surface area contributed by atoms with Crippen LogP contribution in [0.3, 0.4) is 0 Å². The van der Waals surface area contributed by atoms with Gasteiger partial charge < -0.3 is 10.6 Å². The number of benzene rings is 2. The van der Waals surface area contributed by atoms with Crippen molar-refractivity contribution in [2.45, 2.75) is 24.3 Å². The lowest BCUT2D eigenvalue weighted by Crippen LogP contribution is -2.43. The van der Waals surface area contributed by atoms with Crippen molar-refractivity contribution >= 4 is 44.9 Å². The van der Waals surface area contributed by atoms with Crippen LogP contribution < -0.4 is 10.6 Å². The summed E-state index contributed by atoms with van der Waals surface area (Å²) < 4.78 is 25.5. The summed E-state index contributed by atoms with van der Waals surface area (Å²) >= 11 is 12.0. The standard InChI is InChI=1S/C18H21Cl2N3O3S/c1-18(2,12-8-9-15(19)16(20)10-12)22-17(24)21-13-6-5-7-14(11-13)27(25,26)23(3)4/h5-11H,1-4H3,(H2,21,22,24). The van der Waals surface area contributed by atoms with Crippen LogP contribution in [0.4, 0.5) is 10.5 Å². The molecule has 2 rings (SSSR count). The van der Waals surface area contributed by atoms with E-state index in [0.717, 1.165) is 9.87 Å². The van der Waals surface area contributed by atoms with Crippen molar-refractivity contribution in [1.29, 1.82) is 0 Å². The van der Waals surface area contributed by atoms with E-state index in [1.165, 1.54) is 26.2 Å². The quantitative estimate of drug-likeness (QED) is 0.743. The van der Waals surface area contributed by atoms with Gasteiger partial charge in [0, 0.05) is 19.8 Å². The number of sulfonamides is 1. The van der Waals surface area contributed by atoms with Crippen LogP contribution in [0.1, 0.15) is 19.4 Å². The van der Waals surface area contributed by atoms with Gasteiger partial charge in [-0.2, -0.15) is 0 Å². The Bertz CT molecular complexity index is 960. The minimum absolute atomic E-state index is 0.0917. The molecule has 0 aliphatic rings. The number of amides is 2. The predicted molar refractivity (Wildman–Crippen MR) is 109 cm³/mol. The van der Waals surface area contributed by atoms with Gasteiger partial charge in [0.2, 0.25) is 10.0 Å². The number of nitrogens with zero attached hydrogens (tertiary/aromatic N) is 1. The molecule has 0 unspecified atom stereocenters. The van der Waals surface area contributed by atoms with Crippen LogP contribution in [-0.2, 0) is 15.6 Å². The SMILES string of the molecule is CN(C)S(=O)(=O)c1cccc(NC(=O)NC(C)(C)c2ccc(Cl)c(Cl)c2)c1. The Morgan fingerprint density at radius 3 is 2.30 bits per heavy atom. The summed E-state index contributed by atoms with van der Waals surface area (Å²) in [6.45, 7) is 3.64. The second-order valence-corrected chi connectivity index (χ2v) is 9.61. The number of hydrogen-bond acceptors (Lipinski definition) is 3. The monoisotopic (exact) mass is 429 g/mol. The third-order valence-electron chi connectivity index (χ3n) is 3.94. The maximum Gasteiger partial charge on any atom is 0.319 e. The molecule has 2 amide bonds. The Kier molecular flexibility index (Phi) is 6.42. The average Bonchev–Trinajstić information content (AvgIpc) is 2.56. The highest BCUT2D eigenvalue weighted by Crippen LogP contribution is 2.28. The van der Waals surface area contributed by atoms with Crippen LogP contribution in [-0.4, -0.2) is 32.8 Å². The molecule has 0 spiro atoms. The molecule has 0 saturated carbocycles. The summed E-state index contributed by atoms with van der Waals surface area (Å²) in [5, 5.41) is 6.31. The number of halogens is 2. The molecule has 146 valence electrons. The minimum Gasteiger partial charge on any atom is -0.329 e. The fraction of sp³-hybridized carbons (Fsp3) is 0.278.